The molecular weight excluding hydrogens is 343 g/mol. The number of hydrogen-bond acceptors (Lipinski definition) is 2. The summed E-state index contributed by atoms with van der Waals surface area (Å²) in [6.45, 7) is 5.29. The van der Waals surface area contributed by atoms with Crippen LogP contribution >= 0.6 is 11.8 Å². The molecule has 0 unspecified atom stereocenters. The Morgan fingerprint density at radius 1 is 1.00 bits per heavy atom. The fourth-order valence-electron chi connectivity index (χ4n) is 3.18. The maximum Gasteiger partial charge on any atom is 0.144 e. The zero-order chi connectivity index (χ0) is 18.4. The van der Waals surface area contributed by atoms with Gasteiger partial charge in [-0.25, -0.2) is 9.37 Å². The summed E-state index contributed by atoms with van der Waals surface area (Å²) in [5, 5.41) is 0. The van der Waals surface area contributed by atoms with Crippen LogP contribution < -0.4 is 0 Å². The molecule has 3 rings (SSSR count). The van der Waals surface area contributed by atoms with E-state index in [9.17, 15) is 4.39 Å². The van der Waals surface area contributed by atoms with Crippen molar-refractivity contribution >= 4 is 22.8 Å². The first-order valence-electron chi connectivity index (χ1n) is 9.62. The third-order valence-electron chi connectivity index (χ3n) is 4.54. The summed E-state index contributed by atoms with van der Waals surface area (Å²) >= 11 is 1.87. The van der Waals surface area contributed by atoms with Crippen LogP contribution in [-0.2, 0) is 6.54 Å². The minimum atomic E-state index is -0.210. The molecule has 0 bridgehead atoms. The lowest BCUT2D eigenvalue weighted by atomic mass is 10.2. The molecule has 1 heterocycles. The van der Waals surface area contributed by atoms with E-state index in [1.165, 1.54) is 30.2 Å². The average molecular weight is 371 g/mol. The van der Waals surface area contributed by atoms with Gasteiger partial charge in [-0.2, -0.15) is 0 Å². The Bertz CT molecular complexity index is 856. The Hall–Kier alpha value is -1.81. The summed E-state index contributed by atoms with van der Waals surface area (Å²) in [5.41, 5.74) is 2.64. The van der Waals surface area contributed by atoms with E-state index < -0.39 is 0 Å². The van der Waals surface area contributed by atoms with Crippen molar-refractivity contribution in [3.63, 3.8) is 0 Å². The maximum atomic E-state index is 14.4. The summed E-state index contributed by atoms with van der Waals surface area (Å²) in [6, 6.07) is 13.4. The Kier molecular flexibility index (Phi) is 6.73. The van der Waals surface area contributed by atoms with Gasteiger partial charge in [-0.15, -0.1) is 11.8 Å². The van der Waals surface area contributed by atoms with Crippen LogP contribution in [0.15, 0.2) is 47.4 Å². The van der Waals surface area contributed by atoms with Gasteiger partial charge in [0.15, 0.2) is 0 Å². The average Bonchev–Trinajstić information content (AvgIpc) is 3.01. The van der Waals surface area contributed by atoms with Gasteiger partial charge in [0, 0.05) is 11.4 Å². The first-order chi connectivity index (χ1) is 12.7. The molecule has 0 aliphatic rings. The first kappa shape index (κ1) is 19.0. The number of nitrogens with zero attached hydrogens (tertiary/aromatic N) is 2. The minimum absolute atomic E-state index is 0.210. The topological polar surface area (TPSA) is 17.8 Å². The highest BCUT2D eigenvalue weighted by atomic mass is 32.2. The lowest BCUT2D eigenvalue weighted by Crippen LogP contribution is -2.02. The second-order valence-electron chi connectivity index (χ2n) is 6.63. The Labute approximate surface area is 159 Å². The Balaban J connectivity index is 2.03. The number of fused-ring (bicyclic) bond motifs is 1. The number of aromatic nitrogens is 2. The van der Waals surface area contributed by atoms with Crippen LogP contribution in [0.1, 0.15) is 46.0 Å². The van der Waals surface area contributed by atoms with E-state index in [4.69, 9.17) is 4.98 Å². The number of benzene rings is 2. The van der Waals surface area contributed by atoms with Gasteiger partial charge in [0.25, 0.3) is 0 Å². The lowest BCUT2D eigenvalue weighted by Gasteiger charge is -2.10. The molecule has 2 aromatic carbocycles. The van der Waals surface area contributed by atoms with E-state index in [1.807, 2.05) is 23.9 Å². The Morgan fingerprint density at radius 2 is 1.85 bits per heavy atom. The fourth-order valence-corrected chi connectivity index (χ4v) is 3.98. The monoisotopic (exact) mass is 370 g/mol. The highest BCUT2D eigenvalue weighted by Gasteiger charge is 2.16. The van der Waals surface area contributed by atoms with Crippen molar-refractivity contribution in [1.29, 1.82) is 0 Å². The first-order valence-corrected chi connectivity index (χ1v) is 10.6. The van der Waals surface area contributed by atoms with E-state index in [0.29, 0.717) is 5.56 Å². The number of thioether (sulfide) groups is 1. The quantitative estimate of drug-likeness (QED) is 0.300. The van der Waals surface area contributed by atoms with Crippen LogP contribution in [0.4, 0.5) is 4.39 Å². The van der Waals surface area contributed by atoms with Gasteiger partial charge >= 0.3 is 0 Å². The van der Waals surface area contributed by atoms with Crippen LogP contribution in [0, 0.1) is 5.82 Å². The molecule has 0 N–H and O–H groups in total. The van der Waals surface area contributed by atoms with Gasteiger partial charge in [0.2, 0.25) is 0 Å². The predicted octanol–water partition coefficient (Wildman–Crippen LogP) is 6.92. The second kappa shape index (κ2) is 9.22. The van der Waals surface area contributed by atoms with E-state index >= 15 is 0 Å². The zero-order valence-corrected chi connectivity index (χ0v) is 16.5. The summed E-state index contributed by atoms with van der Waals surface area (Å²) < 4.78 is 16.6. The smallest absolute Gasteiger partial charge is 0.144 e. The van der Waals surface area contributed by atoms with Gasteiger partial charge in [-0.1, -0.05) is 45.2 Å². The SMILES string of the molecule is CCCCCCn1c(-c2ccccc2F)nc2ccc(SCCC)cc21. The van der Waals surface area contributed by atoms with Crippen LogP contribution in [0.3, 0.4) is 0 Å². The molecule has 4 heteroatoms. The maximum absolute atomic E-state index is 14.4. The zero-order valence-electron chi connectivity index (χ0n) is 15.7. The van der Waals surface area contributed by atoms with Crippen molar-refractivity contribution in [2.24, 2.45) is 0 Å². The third kappa shape index (κ3) is 4.29. The largest absolute Gasteiger partial charge is 0.324 e. The van der Waals surface area contributed by atoms with Crippen LogP contribution in [-0.4, -0.2) is 15.3 Å². The standard InChI is InChI=1S/C22H27FN2S/c1-3-5-6-9-14-25-21-16-17(26-15-4-2)12-13-20(21)24-22(25)18-10-7-8-11-19(18)23/h7-8,10-13,16H,3-6,9,14-15H2,1-2H3. The molecule has 0 spiro atoms. The summed E-state index contributed by atoms with van der Waals surface area (Å²) in [5.74, 6) is 1.64. The fraction of sp³-hybridized carbons (Fsp3) is 0.409. The van der Waals surface area contributed by atoms with Crippen molar-refractivity contribution in [1.82, 2.24) is 9.55 Å². The lowest BCUT2D eigenvalue weighted by molar-refractivity contribution is 0.590. The van der Waals surface area contributed by atoms with Crippen LogP contribution in [0.2, 0.25) is 0 Å². The van der Waals surface area contributed by atoms with E-state index in [2.05, 4.69) is 36.6 Å². The van der Waals surface area contributed by atoms with Crippen LogP contribution in [0.25, 0.3) is 22.4 Å². The normalized spacial score (nSPS) is 11.3. The highest BCUT2D eigenvalue weighted by molar-refractivity contribution is 7.99. The third-order valence-corrected chi connectivity index (χ3v) is 5.74. The van der Waals surface area contributed by atoms with Crippen molar-refractivity contribution in [2.75, 3.05) is 5.75 Å². The molecule has 3 aromatic rings. The number of hydrogen-bond donors (Lipinski definition) is 0. The van der Waals surface area contributed by atoms with Gasteiger partial charge in [-0.3, -0.25) is 0 Å². The molecule has 0 amide bonds. The summed E-state index contributed by atoms with van der Waals surface area (Å²) in [7, 11) is 0. The summed E-state index contributed by atoms with van der Waals surface area (Å²) in [4.78, 5) is 6.04. The number of unbranched alkanes of at least 4 members (excludes halogenated alkanes) is 3. The molecule has 1 aromatic heterocycles. The minimum Gasteiger partial charge on any atom is -0.324 e. The number of aryl methyl sites for hydroxylation is 1. The molecule has 26 heavy (non-hydrogen) atoms. The molecule has 2 nitrogen and oxygen atoms in total. The van der Waals surface area contributed by atoms with E-state index in [0.717, 1.165) is 42.0 Å². The van der Waals surface area contributed by atoms with Crippen molar-refractivity contribution in [3.8, 4) is 11.4 Å². The van der Waals surface area contributed by atoms with Gasteiger partial charge in [0.1, 0.15) is 11.6 Å². The number of imidazole rings is 1. The van der Waals surface area contributed by atoms with Gasteiger partial charge < -0.3 is 4.57 Å². The molecule has 0 radical (unpaired) electrons. The molecule has 0 saturated heterocycles. The summed E-state index contributed by atoms with van der Waals surface area (Å²) in [6.07, 6.45) is 5.88. The molecule has 0 aliphatic heterocycles. The highest BCUT2D eigenvalue weighted by Crippen LogP contribution is 2.30. The molecule has 0 fully saturated rings. The predicted molar refractivity (Wildman–Crippen MR) is 110 cm³/mol. The van der Waals surface area contributed by atoms with Gasteiger partial charge in [0.05, 0.1) is 16.6 Å². The van der Waals surface area contributed by atoms with E-state index in [1.54, 1.807) is 6.07 Å². The molecular formula is C22H27FN2S. The van der Waals surface area contributed by atoms with Crippen molar-refractivity contribution in [2.45, 2.75) is 57.4 Å². The van der Waals surface area contributed by atoms with Crippen molar-refractivity contribution in [3.05, 3.63) is 48.3 Å². The number of rotatable bonds is 9. The van der Waals surface area contributed by atoms with Crippen LogP contribution in [0.5, 0.6) is 0 Å². The number of halogens is 1. The van der Waals surface area contributed by atoms with Gasteiger partial charge in [-0.05, 0) is 48.9 Å². The molecule has 138 valence electrons. The molecule has 0 saturated carbocycles. The molecule has 0 atom stereocenters. The van der Waals surface area contributed by atoms with Crippen molar-refractivity contribution < 1.29 is 4.39 Å². The van der Waals surface area contributed by atoms with E-state index in [-0.39, 0.29) is 5.82 Å². The second-order valence-corrected chi connectivity index (χ2v) is 7.79. The molecule has 0 aliphatic carbocycles. The Morgan fingerprint density at radius 3 is 2.62 bits per heavy atom.